The van der Waals surface area contributed by atoms with Gasteiger partial charge < -0.3 is 24.3 Å². The van der Waals surface area contributed by atoms with Crippen LogP contribution in [0.5, 0.6) is 23.0 Å². The lowest BCUT2D eigenvalue weighted by atomic mass is 10.2. The van der Waals surface area contributed by atoms with Gasteiger partial charge in [-0.15, -0.1) is 0 Å². The number of hydrogen-bond acceptors (Lipinski definition) is 7. The van der Waals surface area contributed by atoms with Crippen LogP contribution in [-0.2, 0) is 11.4 Å². The molecule has 3 aromatic rings. The molecule has 0 fully saturated rings. The number of hydrogen-bond donors (Lipinski definition) is 2. The van der Waals surface area contributed by atoms with Crippen LogP contribution >= 0.6 is 15.9 Å². The number of aryl methyl sites for hydroxylation is 1. The van der Waals surface area contributed by atoms with E-state index in [4.69, 9.17) is 18.9 Å². The zero-order chi connectivity index (χ0) is 27.5. The van der Waals surface area contributed by atoms with Crippen molar-refractivity contribution < 1.29 is 28.5 Å². The minimum Gasteiger partial charge on any atom is -0.493 e. The Morgan fingerprint density at radius 3 is 2.37 bits per heavy atom. The quantitative estimate of drug-likeness (QED) is 0.238. The van der Waals surface area contributed by atoms with Crippen LogP contribution in [0.4, 0.5) is 0 Å². The summed E-state index contributed by atoms with van der Waals surface area (Å²) in [6.07, 6.45) is 1.48. The number of carbonyl (C=O) groups excluding carboxylic acids is 2. The molecule has 0 radical (unpaired) electrons. The first-order chi connectivity index (χ1) is 18.3. The molecule has 0 saturated heterocycles. The van der Waals surface area contributed by atoms with Crippen molar-refractivity contribution in [3.05, 3.63) is 81.3 Å². The van der Waals surface area contributed by atoms with Crippen LogP contribution in [0.2, 0.25) is 0 Å². The van der Waals surface area contributed by atoms with Gasteiger partial charge in [0, 0.05) is 5.56 Å². The Kier molecular flexibility index (Phi) is 10.5. The monoisotopic (exact) mass is 583 g/mol. The lowest BCUT2D eigenvalue weighted by Gasteiger charge is -2.15. The number of benzene rings is 3. The molecule has 2 N–H and O–H groups in total. The Morgan fingerprint density at radius 1 is 0.947 bits per heavy atom. The molecular formula is C28H30BrN3O6. The van der Waals surface area contributed by atoms with E-state index in [0.717, 1.165) is 5.56 Å². The highest BCUT2D eigenvalue weighted by Crippen LogP contribution is 2.37. The molecule has 9 nitrogen and oxygen atoms in total. The van der Waals surface area contributed by atoms with E-state index in [-0.39, 0.29) is 6.54 Å². The zero-order valence-electron chi connectivity index (χ0n) is 21.7. The first-order valence-electron chi connectivity index (χ1n) is 11.8. The molecule has 10 heteroatoms. The fourth-order valence-electron chi connectivity index (χ4n) is 3.36. The van der Waals surface area contributed by atoms with Gasteiger partial charge in [-0.2, -0.15) is 5.10 Å². The molecule has 0 saturated carbocycles. The summed E-state index contributed by atoms with van der Waals surface area (Å²) in [7, 11) is 2.99. The lowest BCUT2D eigenvalue weighted by molar-refractivity contribution is -0.120. The van der Waals surface area contributed by atoms with Gasteiger partial charge in [0.25, 0.3) is 11.8 Å². The minimum atomic E-state index is -0.489. The highest BCUT2D eigenvalue weighted by Gasteiger charge is 2.14. The molecule has 3 aromatic carbocycles. The molecule has 200 valence electrons. The summed E-state index contributed by atoms with van der Waals surface area (Å²) in [5.74, 6) is 1.11. The van der Waals surface area contributed by atoms with Crippen LogP contribution < -0.4 is 29.7 Å². The molecule has 0 unspecified atom stereocenters. The van der Waals surface area contributed by atoms with Crippen LogP contribution in [-0.4, -0.2) is 45.4 Å². The molecular weight excluding hydrogens is 554 g/mol. The molecule has 0 aliphatic carbocycles. The van der Waals surface area contributed by atoms with Crippen LogP contribution in [0.1, 0.15) is 34.0 Å². The lowest BCUT2D eigenvalue weighted by Crippen LogP contribution is -2.34. The summed E-state index contributed by atoms with van der Waals surface area (Å²) in [5, 5.41) is 6.53. The number of halogens is 1. The zero-order valence-corrected chi connectivity index (χ0v) is 23.3. The minimum absolute atomic E-state index is 0.260. The summed E-state index contributed by atoms with van der Waals surface area (Å²) >= 11 is 3.54. The Morgan fingerprint density at radius 2 is 1.68 bits per heavy atom. The Hall–Kier alpha value is -4.05. The summed E-state index contributed by atoms with van der Waals surface area (Å²) in [6.45, 7) is 4.49. The van der Waals surface area contributed by atoms with Crippen LogP contribution in [0.15, 0.2) is 64.2 Å². The number of amides is 2. The number of ether oxygens (including phenoxy) is 4. The second-order valence-electron chi connectivity index (χ2n) is 8.08. The Labute approximate surface area is 230 Å². The average Bonchev–Trinajstić information content (AvgIpc) is 2.92. The number of methoxy groups -OCH3 is 2. The molecule has 38 heavy (non-hydrogen) atoms. The second-order valence-corrected chi connectivity index (χ2v) is 8.94. The maximum absolute atomic E-state index is 12.4. The Bertz CT molecular complexity index is 1290. The van der Waals surface area contributed by atoms with Crippen LogP contribution in [0.25, 0.3) is 0 Å². The third-order valence-electron chi connectivity index (χ3n) is 5.29. The summed E-state index contributed by atoms with van der Waals surface area (Å²) in [5.41, 5.74) is 5.63. The van der Waals surface area contributed by atoms with E-state index in [9.17, 15) is 9.59 Å². The highest BCUT2D eigenvalue weighted by atomic mass is 79.9. The molecule has 0 heterocycles. The van der Waals surface area contributed by atoms with Crippen LogP contribution in [0.3, 0.4) is 0 Å². The predicted octanol–water partition coefficient (Wildman–Crippen LogP) is 4.63. The predicted molar refractivity (Wildman–Crippen MR) is 148 cm³/mol. The van der Waals surface area contributed by atoms with Crippen molar-refractivity contribution in [2.75, 3.05) is 27.4 Å². The molecule has 2 amide bonds. The summed E-state index contributed by atoms with van der Waals surface area (Å²) < 4.78 is 22.8. The van der Waals surface area contributed by atoms with E-state index in [1.165, 1.54) is 32.1 Å². The van der Waals surface area contributed by atoms with Crippen molar-refractivity contribution >= 4 is 34.0 Å². The van der Waals surface area contributed by atoms with Gasteiger partial charge in [-0.3, -0.25) is 9.59 Å². The molecule has 3 rings (SSSR count). The van der Waals surface area contributed by atoms with Crippen molar-refractivity contribution in [3.63, 3.8) is 0 Å². The maximum atomic E-state index is 12.4. The molecule has 0 atom stereocenters. The maximum Gasteiger partial charge on any atom is 0.259 e. The van der Waals surface area contributed by atoms with E-state index >= 15 is 0 Å². The molecule has 0 aliphatic rings. The molecule has 0 spiro atoms. The molecule has 0 aliphatic heterocycles. The Balaban J connectivity index is 1.57. The van der Waals surface area contributed by atoms with Gasteiger partial charge >= 0.3 is 0 Å². The van der Waals surface area contributed by atoms with Gasteiger partial charge in [0.2, 0.25) is 0 Å². The first kappa shape index (κ1) is 28.5. The topological polar surface area (TPSA) is 107 Å². The average molecular weight is 584 g/mol. The number of rotatable bonds is 12. The van der Waals surface area contributed by atoms with E-state index in [0.29, 0.717) is 51.8 Å². The van der Waals surface area contributed by atoms with Gasteiger partial charge in [0.15, 0.2) is 23.0 Å². The first-order valence-corrected chi connectivity index (χ1v) is 12.6. The molecule has 0 bridgehead atoms. The fourth-order valence-corrected chi connectivity index (χ4v) is 3.94. The largest absolute Gasteiger partial charge is 0.493 e. The highest BCUT2D eigenvalue weighted by molar-refractivity contribution is 9.10. The molecule has 0 aromatic heterocycles. The van der Waals surface area contributed by atoms with Crippen LogP contribution in [0, 0.1) is 6.92 Å². The summed E-state index contributed by atoms with van der Waals surface area (Å²) in [6, 6.07) is 16.4. The normalized spacial score (nSPS) is 10.7. The summed E-state index contributed by atoms with van der Waals surface area (Å²) in [4.78, 5) is 24.6. The SMILES string of the molecule is CCOc1cc(/C=N/NC(=O)CNC(=O)c2ccc(OC)c(OC)c2)cc(Br)c1OCc1ccc(C)cc1. The number of carbonyl (C=O) groups is 2. The van der Waals surface area contributed by atoms with Gasteiger partial charge in [-0.25, -0.2) is 5.43 Å². The van der Waals surface area contributed by atoms with E-state index in [2.05, 4.69) is 31.8 Å². The fraction of sp³-hybridized carbons (Fsp3) is 0.250. The second kappa shape index (κ2) is 14.0. The van der Waals surface area contributed by atoms with Crippen molar-refractivity contribution in [1.29, 1.82) is 0 Å². The van der Waals surface area contributed by atoms with E-state index in [1.807, 2.05) is 44.2 Å². The third-order valence-corrected chi connectivity index (χ3v) is 5.88. The third kappa shape index (κ3) is 7.97. The van der Waals surface area contributed by atoms with Gasteiger partial charge in [0.05, 0.1) is 38.1 Å². The van der Waals surface area contributed by atoms with Gasteiger partial charge in [-0.1, -0.05) is 29.8 Å². The van der Waals surface area contributed by atoms with Gasteiger partial charge in [0.1, 0.15) is 6.61 Å². The number of nitrogens with one attached hydrogen (secondary N) is 2. The van der Waals surface area contributed by atoms with Crippen molar-refractivity contribution in [2.45, 2.75) is 20.5 Å². The van der Waals surface area contributed by atoms with Crippen molar-refractivity contribution in [2.24, 2.45) is 5.10 Å². The number of hydrazone groups is 1. The van der Waals surface area contributed by atoms with E-state index in [1.54, 1.807) is 18.2 Å². The smallest absolute Gasteiger partial charge is 0.259 e. The van der Waals surface area contributed by atoms with Crippen molar-refractivity contribution in [1.82, 2.24) is 10.7 Å². The van der Waals surface area contributed by atoms with E-state index < -0.39 is 11.8 Å². The number of nitrogens with zero attached hydrogens (tertiary/aromatic N) is 1. The standard InChI is InChI=1S/C28H30BrN3O6/c1-5-37-25-13-20(12-22(29)27(25)38-17-19-8-6-18(2)7-9-19)15-31-32-26(33)16-30-28(34)21-10-11-23(35-3)24(14-21)36-4/h6-15H,5,16-17H2,1-4H3,(H,30,34)(H,32,33)/b31-15+. The van der Waals surface area contributed by atoms with Gasteiger partial charge in [-0.05, 0) is 71.2 Å². The van der Waals surface area contributed by atoms with Crippen molar-refractivity contribution in [3.8, 4) is 23.0 Å².